The molecule has 2 aromatic carbocycles. The van der Waals surface area contributed by atoms with Gasteiger partial charge in [-0.2, -0.15) is 9.78 Å². The third-order valence-electron chi connectivity index (χ3n) is 5.01. The van der Waals surface area contributed by atoms with Gasteiger partial charge < -0.3 is 4.74 Å². The van der Waals surface area contributed by atoms with E-state index in [1.54, 1.807) is 31.5 Å². The average molecular weight is 467 g/mol. The molecular formula is C22H16Cl2N6O2. The molecule has 5 rings (SSSR count). The number of fused-ring (bicyclic) bond motifs is 4. The highest BCUT2D eigenvalue weighted by Gasteiger charge is 2.19. The third-order valence-corrected chi connectivity index (χ3v) is 5.75. The molecule has 8 nitrogen and oxygen atoms in total. The van der Waals surface area contributed by atoms with Gasteiger partial charge in [0.15, 0.2) is 11.3 Å². The predicted molar refractivity (Wildman–Crippen MR) is 126 cm³/mol. The molecule has 0 atom stereocenters. The van der Waals surface area contributed by atoms with E-state index < -0.39 is 0 Å². The number of benzene rings is 2. The van der Waals surface area contributed by atoms with Crippen LogP contribution in [0.25, 0.3) is 33.2 Å². The summed E-state index contributed by atoms with van der Waals surface area (Å²) >= 11 is 12.1. The van der Waals surface area contributed by atoms with Crippen molar-refractivity contribution in [2.24, 2.45) is 5.10 Å². The molecule has 0 N–H and O–H groups in total. The quantitative estimate of drug-likeness (QED) is 0.363. The fraction of sp³-hybridized carbons (Fsp3) is 0.136. The van der Waals surface area contributed by atoms with Gasteiger partial charge in [0, 0.05) is 7.11 Å². The van der Waals surface area contributed by atoms with Gasteiger partial charge in [0.25, 0.3) is 5.56 Å². The van der Waals surface area contributed by atoms with Gasteiger partial charge in [0.2, 0.25) is 0 Å². The highest BCUT2D eigenvalue weighted by atomic mass is 35.5. The predicted octanol–water partition coefficient (Wildman–Crippen LogP) is 4.13. The molecule has 32 heavy (non-hydrogen) atoms. The third kappa shape index (κ3) is 3.52. The van der Waals surface area contributed by atoms with Gasteiger partial charge in [-0.15, -0.1) is 0 Å². The lowest BCUT2D eigenvalue weighted by Crippen LogP contribution is -2.22. The summed E-state index contributed by atoms with van der Waals surface area (Å²) in [6.07, 6.45) is 3.09. The van der Waals surface area contributed by atoms with E-state index in [1.807, 2.05) is 24.3 Å². The number of hydrogen-bond acceptors (Lipinski definition) is 6. The van der Waals surface area contributed by atoms with Crippen LogP contribution in [-0.4, -0.2) is 44.1 Å². The lowest BCUT2D eigenvalue weighted by atomic mass is 10.2. The van der Waals surface area contributed by atoms with Crippen LogP contribution in [0.2, 0.25) is 10.0 Å². The van der Waals surface area contributed by atoms with Crippen molar-refractivity contribution in [3.05, 3.63) is 74.8 Å². The maximum Gasteiger partial charge on any atom is 0.265 e. The molecule has 5 aromatic rings. The van der Waals surface area contributed by atoms with E-state index in [4.69, 9.17) is 37.9 Å². The van der Waals surface area contributed by atoms with E-state index in [0.29, 0.717) is 56.4 Å². The molecule has 0 aliphatic rings. The number of halogens is 2. The van der Waals surface area contributed by atoms with Crippen molar-refractivity contribution in [1.29, 1.82) is 0 Å². The van der Waals surface area contributed by atoms with Gasteiger partial charge in [-0.05, 0) is 29.8 Å². The second-order valence-electron chi connectivity index (χ2n) is 7.05. The smallest absolute Gasteiger partial charge is 0.265 e. The zero-order valence-corrected chi connectivity index (χ0v) is 18.4. The van der Waals surface area contributed by atoms with Crippen molar-refractivity contribution in [3.8, 4) is 0 Å². The summed E-state index contributed by atoms with van der Waals surface area (Å²) in [4.78, 5) is 27.2. The number of nitrogens with zero attached hydrogens (tertiary/aromatic N) is 6. The van der Waals surface area contributed by atoms with E-state index >= 15 is 0 Å². The molecule has 10 heteroatoms. The highest BCUT2D eigenvalue weighted by Crippen LogP contribution is 2.25. The number of methoxy groups -OCH3 is 1. The van der Waals surface area contributed by atoms with Crippen LogP contribution in [0.5, 0.6) is 0 Å². The van der Waals surface area contributed by atoms with Crippen LogP contribution in [0, 0.1) is 0 Å². The van der Waals surface area contributed by atoms with Crippen LogP contribution in [0.3, 0.4) is 0 Å². The molecule has 0 bridgehead atoms. The Balaban J connectivity index is 1.78. The maximum atomic E-state index is 13.3. The Labute approximate surface area is 191 Å². The number of hydrogen-bond donors (Lipinski definition) is 0. The van der Waals surface area contributed by atoms with E-state index in [9.17, 15) is 4.79 Å². The molecular weight excluding hydrogens is 451 g/mol. The monoisotopic (exact) mass is 466 g/mol. The summed E-state index contributed by atoms with van der Waals surface area (Å²) in [5.41, 5.74) is 3.11. The number of para-hydroxylation sites is 2. The average Bonchev–Trinajstić information content (AvgIpc) is 3.11. The Morgan fingerprint density at radius 1 is 1.06 bits per heavy atom. The Kier molecular flexibility index (Phi) is 5.34. The minimum absolute atomic E-state index is 0.231. The van der Waals surface area contributed by atoms with Crippen molar-refractivity contribution in [1.82, 2.24) is 24.2 Å². The van der Waals surface area contributed by atoms with Crippen molar-refractivity contribution in [2.45, 2.75) is 6.54 Å². The van der Waals surface area contributed by atoms with E-state index in [2.05, 4.69) is 10.1 Å². The first kappa shape index (κ1) is 20.6. The molecule has 160 valence electrons. The van der Waals surface area contributed by atoms with Gasteiger partial charge in [-0.25, -0.2) is 15.0 Å². The zero-order valence-electron chi connectivity index (χ0n) is 16.9. The van der Waals surface area contributed by atoms with Crippen LogP contribution >= 0.6 is 23.2 Å². The Morgan fingerprint density at radius 3 is 2.59 bits per heavy atom. The van der Waals surface area contributed by atoms with E-state index in [0.717, 1.165) is 5.56 Å². The molecule has 0 unspecified atom stereocenters. The molecule has 3 heterocycles. The number of aromatic nitrogens is 5. The fourth-order valence-electron chi connectivity index (χ4n) is 3.43. The van der Waals surface area contributed by atoms with Crippen LogP contribution in [0.15, 0.2) is 58.7 Å². The highest BCUT2D eigenvalue weighted by molar-refractivity contribution is 6.42. The summed E-state index contributed by atoms with van der Waals surface area (Å²) < 4.78 is 8.12. The molecule has 0 spiro atoms. The van der Waals surface area contributed by atoms with Gasteiger partial charge in [0.1, 0.15) is 17.2 Å². The topological polar surface area (TPSA) is 87.2 Å². The van der Waals surface area contributed by atoms with Crippen LogP contribution in [0.1, 0.15) is 5.56 Å². The molecule has 0 amide bonds. The summed E-state index contributed by atoms with van der Waals surface area (Å²) in [6.45, 7) is 0.758. The van der Waals surface area contributed by atoms with Crippen molar-refractivity contribution in [2.75, 3.05) is 13.7 Å². The molecule has 3 aromatic heterocycles. The van der Waals surface area contributed by atoms with Gasteiger partial charge in [-0.1, -0.05) is 41.4 Å². The minimum Gasteiger partial charge on any atom is -0.383 e. The van der Waals surface area contributed by atoms with Crippen LogP contribution in [0.4, 0.5) is 0 Å². The second-order valence-corrected chi connectivity index (χ2v) is 7.86. The molecule has 0 fully saturated rings. The first-order chi connectivity index (χ1) is 15.6. The van der Waals surface area contributed by atoms with Crippen molar-refractivity contribution < 1.29 is 4.74 Å². The summed E-state index contributed by atoms with van der Waals surface area (Å²) in [5, 5.41) is 5.78. The van der Waals surface area contributed by atoms with E-state index in [1.165, 1.54) is 15.6 Å². The van der Waals surface area contributed by atoms with Crippen molar-refractivity contribution in [3.63, 3.8) is 0 Å². The van der Waals surface area contributed by atoms with Crippen molar-refractivity contribution >= 4 is 62.6 Å². The molecule has 0 radical (unpaired) electrons. The fourth-order valence-corrected chi connectivity index (χ4v) is 3.74. The normalized spacial score (nSPS) is 12.0. The number of ether oxygens (including phenoxy) is 1. The molecule has 0 aliphatic carbocycles. The zero-order chi connectivity index (χ0) is 22.2. The maximum absolute atomic E-state index is 13.3. The SMILES string of the molecule is COCCn1cnc2c(c1=O)c1nc3ccccc3nc1n2N=Cc1ccc(Cl)c(Cl)c1. The first-order valence-corrected chi connectivity index (χ1v) is 10.5. The molecule has 0 saturated heterocycles. The lowest BCUT2D eigenvalue weighted by Gasteiger charge is -2.04. The molecule has 0 saturated carbocycles. The Morgan fingerprint density at radius 2 is 1.84 bits per heavy atom. The van der Waals surface area contributed by atoms with Crippen LogP contribution in [-0.2, 0) is 11.3 Å². The number of rotatable bonds is 5. The largest absolute Gasteiger partial charge is 0.383 e. The summed E-state index contributed by atoms with van der Waals surface area (Å²) in [5.74, 6) is 0. The Bertz CT molecular complexity index is 1570. The summed E-state index contributed by atoms with van der Waals surface area (Å²) in [7, 11) is 1.58. The first-order valence-electron chi connectivity index (χ1n) is 9.71. The Hall–Kier alpha value is -3.33. The lowest BCUT2D eigenvalue weighted by molar-refractivity contribution is 0.186. The second kappa shape index (κ2) is 8.31. The van der Waals surface area contributed by atoms with Crippen LogP contribution < -0.4 is 5.56 Å². The van der Waals surface area contributed by atoms with Gasteiger partial charge in [0.05, 0.1) is 40.4 Å². The minimum atomic E-state index is -0.231. The standard InChI is InChI=1S/C22H16Cl2N6O2/c1-32-9-8-29-12-25-20-18(22(29)31)19-21(28-17-5-3-2-4-16(17)27-19)30(20)26-11-13-6-7-14(23)15(24)10-13/h2-7,10-12H,8-9H2,1H3. The van der Waals surface area contributed by atoms with E-state index in [-0.39, 0.29) is 5.56 Å². The molecule has 0 aliphatic heterocycles. The van der Waals surface area contributed by atoms with Gasteiger partial charge in [-0.3, -0.25) is 9.36 Å². The van der Waals surface area contributed by atoms with Gasteiger partial charge >= 0.3 is 0 Å². The summed E-state index contributed by atoms with van der Waals surface area (Å²) in [6, 6.07) is 12.6.